The monoisotopic (exact) mass is 397 g/mol. The Kier molecular flexibility index (Phi) is 7.48. The molecule has 1 N–H and O–H groups in total. The number of hydrogen-bond acceptors (Lipinski definition) is 5. The zero-order valence-corrected chi connectivity index (χ0v) is 16.3. The smallest absolute Gasteiger partial charge is 0.330 e. The van der Waals surface area contributed by atoms with Crippen LogP contribution in [-0.4, -0.2) is 30.4 Å². The van der Waals surface area contributed by atoms with E-state index in [4.69, 9.17) is 9.47 Å². The molecule has 0 aliphatic rings. The molecule has 1 atom stereocenters. The molecule has 0 fully saturated rings. The number of methoxy groups -OCH3 is 1. The van der Waals surface area contributed by atoms with Gasteiger partial charge in [0.2, 0.25) is 0 Å². The van der Waals surface area contributed by atoms with Crippen LogP contribution in [0.5, 0.6) is 11.5 Å². The molecular weight excluding hydrogens is 374 g/mol. The predicted octanol–water partition coefficient (Wildman–Crippen LogP) is 4.32. The Morgan fingerprint density at radius 1 is 1.33 bits per heavy atom. The largest absolute Gasteiger partial charge is 0.504 e. The summed E-state index contributed by atoms with van der Waals surface area (Å²) in [5.41, 5.74) is 0.540. The number of rotatable bonds is 7. The Labute approximate surface area is 151 Å². The molecule has 0 bridgehead atoms. The highest BCUT2D eigenvalue weighted by Gasteiger charge is 2.22. The van der Waals surface area contributed by atoms with Gasteiger partial charge in [-0.2, -0.15) is 0 Å². The number of halogens is 1. The van der Waals surface area contributed by atoms with Gasteiger partial charge in [-0.15, -0.1) is 0 Å². The summed E-state index contributed by atoms with van der Waals surface area (Å²) in [4.78, 5) is 16.1. The van der Waals surface area contributed by atoms with E-state index < -0.39 is 12.0 Å². The van der Waals surface area contributed by atoms with E-state index in [1.165, 1.54) is 19.4 Å². The Morgan fingerprint density at radius 2 is 1.96 bits per heavy atom. The summed E-state index contributed by atoms with van der Waals surface area (Å²) in [6.45, 7) is 11.5. The third kappa shape index (κ3) is 5.37. The first-order valence-corrected chi connectivity index (χ1v) is 8.46. The number of carbonyl (C=O) groups is 1. The van der Waals surface area contributed by atoms with E-state index in [0.29, 0.717) is 15.8 Å². The van der Waals surface area contributed by atoms with Gasteiger partial charge < -0.3 is 14.6 Å². The van der Waals surface area contributed by atoms with Crippen LogP contribution in [0.1, 0.15) is 33.3 Å². The van der Waals surface area contributed by atoms with Gasteiger partial charge in [-0.3, -0.25) is 4.99 Å². The summed E-state index contributed by atoms with van der Waals surface area (Å²) in [5, 5.41) is 10.2. The summed E-state index contributed by atoms with van der Waals surface area (Å²) in [7, 11) is 1.33. The summed E-state index contributed by atoms with van der Waals surface area (Å²) in [6.07, 6.45) is 1.51. The number of nitrogens with zero attached hydrogens (tertiary/aromatic N) is 1. The maximum Gasteiger partial charge on any atom is 0.330 e. The highest BCUT2D eigenvalue weighted by atomic mass is 79.9. The Morgan fingerprint density at radius 3 is 2.46 bits per heavy atom. The predicted molar refractivity (Wildman–Crippen MR) is 98.6 cm³/mol. The third-order valence-corrected chi connectivity index (χ3v) is 3.85. The van der Waals surface area contributed by atoms with Crippen molar-refractivity contribution in [1.82, 2.24) is 0 Å². The lowest BCUT2D eigenvalue weighted by Gasteiger charge is -2.16. The van der Waals surface area contributed by atoms with Gasteiger partial charge in [0.15, 0.2) is 11.5 Å². The van der Waals surface area contributed by atoms with Gasteiger partial charge in [0.05, 0.1) is 12.9 Å². The van der Waals surface area contributed by atoms with Crippen LogP contribution >= 0.6 is 15.9 Å². The standard InChI is InChI=1S/C18H24BrNO4/c1-10(2)12(5)24-17-13(7-14(19)8-15(17)21)9-20-16(11(3)4)18(22)23-6/h7-11,16,21H,5H2,1-4,6H3. The molecule has 0 aliphatic carbocycles. The lowest BCUT2D eigenvalue weighted by Crippen LogP contribution is -2.26. The fraction of sp³-hybridized carbons (Fsp3) is 0.444. The number of hydrogen-bond donors (Lipinski definition) is 1. The van der Waals surface area contributed by atoms with Crippen molar-refractivity contribution >= 4 is 28.1 Å². The molecule has 0 radical (unpaired) electrons. The van der Waals surface area contributed by atoms with Crippen LogP contribution in [0.3, 0.4) is 0 Å². The van der Waals surface area contributed by atoms with Gasteiger partial charge in [-0.25, -0.2) is 4.79 Å². The van der Waals surface area contributed by atoms with E-state index in [0.717, 1.165) is 0 Å². The average Bonchev–Trinajstić information content (AvgIpc) is 2.49. The molecule has 0 heterocycles. The molecule has 0 aliphatic heterocycles. The second-order valence-electron chi connectivity index (χ2n) is 6.06. The molecule has 5 nitrogen and oxygen atoms in total. The van der Waals surface area contributed by atoms with Crippen molar-refractivity contribution in [3.05, 3.63) is 34.5 Å². The minimum absolute atomic E-state index is 0.0237. The normalized spacial score (nSPS) is 12.7. The minimum Gasteiger partial charge on any atom is -0.504 e. The Bertz CT molecular complexity index is 638. The van der Waals surface area contributed by atoms with Gasteiger partial charge in [0, 0.05) is 22.2 Å². The highest BCUT2D eigenvalue weighted by Crippen LogP contribution is 2.35. The van der Waals surface area contributed by atoms with Crippen molar-refractivity contribution in [2.45, 2.75) is 33.7 Å². The number of benzene rings is 1. The molecule has 0 saturated carbocycles. The number of phenols is 1. The number of carbonyl (C=O) groups excluding carboxylic acids is 1. The first-order chi connectivity index (χ1) is 11.2. The van der Waals surface area contributed by atoms with Crippen LogP contribution in [0, 0.1) is 11.8 Å². The van der Waals surface area contributed by atoms with Gasteiger partial charge in [0.25, 0.3) is 0 Å². The molecule has 0 amide bonds. The van der Waals surface area contributed by atoms with Crippen molar-refractivity contribution in [1.29, 1.82) is 0 Å². The van der Waals surface area contributed by atoms with Crippen LogP contribution < -0.4 is 4.74 Å². The van der Waals surface area contributed by atoms with E-state index in [1.54, 1.807) is 6.07 Å². The minimum atomic E-state index is -0.628. The second-order valence-corrected chi connectivity index (χ2v) is 6.97. The summed E-state index contributed by atoms with van der Waals surface area (Å²) < 4.78 is 11.1. The lowest BCUT2D eigenvalue weighted by molar-refractivity contribution is -0.143. The zero-order valence-electron chi connectivity index (χ0n) is 14.7. The SMILES string of the molecule is C=C(Oc1c(O)cc(Br)cc1C=NC(C(=O)OC)C(C)C)C(C)C. The third-order valence-electron chi connectivity index (χ3n) is 3.39. The Balaban J connectivity index is 3.24. The number of ether oxygens (including phenoxy) is 2. The van der Waals surface area contributed by atoms with E-state index in [1.807, 2.05) is 27.7 Å². The van der Waals surface area contributed by atoms with E-state index >= 15 is 0 Å². The van der Waals surface area contributed by atoms with E-state index in [9.17, 15) is 9.90 Å². The molecule has 1 aromatic carbocycles. The molecular formula is C18H24BrNO4. The van der Waals surface area contributed by atoms with Gasteiger partial charge >= 0.3 is 5.97 Å². The van der Waals surface area contributed by atoms with Crippen LogP contribution in [0.4, 0.5) is 0 Å². The van der Waals surface area contributed by atoms with E-state index in [-0.39, 0.29) is 23.3 Å². The van der Waals surface area contributed by atoms with Crippen molar-refractivity contribution < 1.29 is 19.4 Å². The van der Waals surface area contributed by atoms with Crippen molar-refractivity contribution in [2.24, 2.45) is 16.8 Å². The number of aromatic hydroxyl groups is 1. The molecule has 0 aromatic heterocycles. The molecule has 132 valence electrons. The van der Waals surface area contributed by atoms with E-state index in [2.05, 4.69) is 27.5 Å². The lowest BCUT2D eigenvalue weighted by atomic mass is 10.1. The van der Waals surface area contributed by atoms with Crippen molar-refractivity contribution in [2.75, 3.05) is 7.11 Å². The van der Waals surface area contributed by atoms with Gasteiger partial charge in [0.1, 0.15) is 6.04 Å². The van der Waals surface area contributed by atoms with Crippen molar-refractivity contribution in [3.63, 3.8) is 0 Å². The molecule has 0 saturated heterocycles. The van der Waals surface area contributed by atoms with Crippen LogP contribution in [0.2, 0.25) is 0 Å². The first-order valence-electron chi connectivity index (χ1n) is 7.67. The summed E-state index contributed by atoms with van der Waals surface area (Å²) in [5.74, 6) is 0.408. The highest BCUT2D eigenvalue weighted by molar-refractivity contribution is 9.10. The fourth-order valence-corrected chi connectivity index (χ4v) is 2.31. The number of esters is 1. The maximum absolute atomic E-state index is 11.8. The van der Waals surface area contributed by atoms with Crippen LogP contribution in [0.25, 0.3) is 0 Å². The first kappa shape index (κ1) is 20.2. The molecule has 24 heavy (non-hydrogen) atoms. The van der Waals surface area contributed by atoms with Gasteiger partial charge in [-0.05, 0) is 18.1 Å². The van der Waals surface area contributed by atoms with Crippen LogP contribution in [-0.2, 0) is 9.53 Å². The quantitative estimate of drug-likeness (QED) is 0.422. The molecule has 1 rings (SSSR count). The number of phenolic OH excluding ortho intramolecular Hbond substituents is 1. The average molecular weight is 398 g/mol. The number of allylic oxidation sites excluding steroid dienone is 1. The van der Waals surface area contributed by atoms with Crippen LogP contribution in [0.15, 0.2) is 33.9 Å². The fourth-order valence-electron chi connectivity index (χ4n) is 1.84. The number of aliphatic imine (C=N–C) groups is 1. The summed E-state index contributed by atoms with van der Waals surface area (Å²) >= 11 is 3.33. The van der Waals surface area contributed by atoms with Crippen molar-refractivity contribution in [3.8, 4) is 11.5 Å². The molecule has 1 aromatic rings. The summed E-state index contributed by atoms with van der Waals surface area (Å²) in [6, 6.07) is 2.65. The van der Waals surface area contributed by atoms with Gasteiger partial charge in [-0.1, -0.05) is 50.2 Å². The molecule has 6 heteroatoms. The molecule has 0 spiro atoms. The molecule has 1 unspecified atom stereocenters. The topological polar surface area (TPSA) is 68.1 Å². The maximum atomic E-state index is 11.8. The Hall–Kier alpha value is -1.82. The zero-order chi connectivity index (χ0) is 18.4. The second kappa shape index (κ2) is 8.87.